The van der Waals surface area contributed by atoms with Gasteiger partial charge in [0.25, 0.3) is 0 Å². The smallest absolute Gasteiger partial charge is 0.416 e. The highest BCUT2D eigenvalue weighted by molar-refractivity contribution is 6.29. The molecule has 0 aliphatic rings. The van der Waals surface area contributed by atoms with Gasteiger partial charge in [-0.05, 0) is 31.0 Å². The van der Waals surface area contributed by atoms with E-state index in [4.69, 9.17) is 16.0 Å². The Morgan fingerprint density at radius 3 is 2.44 bits per heavy atom. The second-order valence-electron chi connectivity index (χ2n) is 5.45. The number of rotatable bonds is 4. The van der Waals surface area contributed by atoms with E-state index >= 15 is 0 Å². The van der Waals surface area contributed by atoms with Gasteiger partial charge in [0.05, 0.1) is 11.8 Å². The zero-order valence-electron chi connectivity index (χ0n) is 13.1. The first-order chi connectivity index (χ1) is 11.8. The van der Waals surface area contributed by atoms with Gasteiger partial charge in [-0.2, -0.15) is 13.2 Å². The summed E-state index contributed by atoms with van der Waals surface area (Å²) in [5.41, 5.74) is 0.611. The van der Waals surface area contributed by atoms with Crippen LogP contribution in [0.3, 0.4) is 0 Å². The molecule has 0 N–H and O–H groups in total. The van der Waals surface area contributed by atoms with Gasteiger partial charge in [0.2, 0.25) is 5.89 Å². The highest BCUT2D eigenvalue weighted by atomic mass is 35.5. The summed E-state index contributed by atoms with van der Waals surface area (Å²) < 4.78 is 43.3. The molecule has 0 saturated carbocycles. The number of hydrogen-bond acceptors (Lipinski definition) is 4. The van der Waals surface area contributed by atoms with Crippen LogP contribution in [0.5, 0.6) is 0 Å². The lowest BCUT2D eigenvalue weighted by Gasteiger charge is -2.07. The number of benzene rings is 1. The molecule has 0 aliphatic carbocycles. The van der Waals surface area contributed by atoms with Crippen molar-refractivity contribution in [2.24, 2.45) is 0 Å². The van der Waals surface area contributed by atoms with Crippen molar-refractivity contribution in [1.29, 1.82) is 0 Å². The summed E-state index contributed by atoms with van der Waals surface area (Å²) in [6.07, 6.45) is -1.70. The van der Waals surface area contributed by atoms with E-state index in [0.717, 1.165) is 17.7 Å². The van der Waals surface area contributed by atoms with Gasteiger partial charge in [0.15, 0.2) is 0 Å². The molecule has 2 aromatic heterocycles. The highest BCUT2D eigenvalue weighted by Crippen LogP contribution is 2.29. The molecule has 130 valence electrons. The number of aryl methyl sites for hydroxylation is 3. The largest absolute Gasteiger partial charge is 0.440 e. The van der Waals surface area contributed by atoms with Gasteiger partial charge in [-0.25, -0.2) is 15.0 Å². The minimum atomic E-state index is -4.32. The Labute approximate surface area is 146 Å². The van der Waals surface area contributed by atoms with E-state index in [-0.39, 0.29) is 0 Å². The summed E-state index contributed by atoms with van der Waals surface area (Å²) in [5, 5.41) is 0.298. The molecular formula is C17H13ClF3N3O. The number of halogens is 4. The number of nitrogens with zero attached hydrogens (tertiary/aromatic N) is 3. The SMILES string of the molecule is Cc1nc(Cl)cc(-c2ncc(CCc3ccc(C(F)(F)F)cc3)o2)n1. The Kier molecular flexibility index (Phi) is 4.76. The second kappa shape index (κ2) is 6.84. The van der Waals surface area contributed by atoms with Crippen molar-refractivity contribution in [1.82, 2.24) is 15.0 Å². The predicted octanol–water partition coefficient (Wildman–Crippen LogP) is 4.90. The third-order valence-electron chi connectivity index (χ3n) is 3.52. The minimum absolute atomic E-state index is 0.298. The van der Waals surface area contributed by atoms with Gasteiger partial charge in [-0.1, -0.05) is 23.7 Å². The van der Waals surface area contributed by atoms with Gasteiger partial charge in [0.1, 0.15) is 22.4 Å². The molecule has 0 unspecified atom stereocenters. The maximum atomic E-state index is 12.5. The molecule has 2 heterocycles. The van der Waals surface area contributed by atoms with Crippen molar-refractivity contribution >= 4 is 11.6 Å². The molecule has 0 radical (unpaired) electrons. The molecule has 8 heteroatoms. The van der Waals surface area contributed by atoms with Gasteiger partial charge in [-0.3, -0.25) is 0 Å². The number of alkyl halides is 3. The van der Waals surface area contributed by atoms with Gasteiger partial charge < -0.3 is 4.42 Å². The van der Waals surface area contributed by atoms with Crippen molar-refractivity contribution in [2.45, 2.75) is 25.9 Å². The summed E-state index contributed by atoms with van der Waals surface area (Å²) >= 11 is 5.89. The predicted molar refractivity (Wildman–Crippen MR) is 86.1 cm³/mol. The molecule has 1 aromatic carbocycles. The minimum Gasteiger partial charge on any atom is -0.440 e. The first-order valence-electron chi connectivity index (χ1n) is 7.43. The van der Waals surface area contributed by atoms with E-state index < -0.39 is 11.7 Å². The lowest BCUT2D eigenvalue weighted by atomic mass is 10.1. The zero-order valence-corrected chi connectivity index (χ0v) is 13.9. The summed E-state index contributed by atoms with van der Waals surface area (Å²) in [4.78, 5) is 12.3. The Morgan fingerprint density at radius 2 is 1.80 bits per heavy atom. The lowest BCUT2D eigenvalue weighted by molar-refractivity contribution is -0.137. The van der Waals surface area contributed by atoms with Gasteiger partial charge >= 0.3 is 6.18 Å². The van der Waals surface area contributed by atoms with Crippen molar-refractivity contribution in [2.75, 3.05) is 0 Å². The van der Waals surface area contributed by atoms with E-state index in [9.17, 15) is 13.2 Å². The van der Waals surface area contributed by atoms with Crippen LogP contribution >= 0.6 is 11.6 Å². The van der Waals surface area contributed by atoms with Gasteiger partial charge in [0, 0.05) is 12.5 Å². The van der Waals surface area contributed by atoms with Crippen LogP contribution in [0.15, 0.2) is 40.9 Å². The van der Waals surface area contributed by atoms with Crippen LogP contribution in [0, 0.1) is 6.92 Å². The third kappa shape index (κ3) is 4.36. The molecule has 0 spiro atoms. The van der Waals surface area contributed by atoms with Crippen LogP contribution in [0.1, 0.15) is 22.7 Å². The molecule has 0 atom stereocenters. The molecule has 4 nitrogen and oxygen atoms in total. The van der Waals surface area contributed by atoms with Crippen molar-refractivity contribution in [3.63, 3.8) is 0 Å². The van der Waals surface area contributed by atoms with E-state index in [0.29, 0.717) is 41.2 Å². The number of hydrogen-bond donors (Lipinski definition) is 0. The van der Waals surface area contributed by atoms with Gasteiger partial charge in [-0.15, -0.1) is 0 Å². The zero-order chi connectivity index (χ0) is 18.0. The van der Waals surface area contributed by atoms with Crippen molar-refractivity contribution in [3.8, 4) is 11.6 Å². The van der Waals surface area contributed by atoms with Crippen molar-refractivity contribution in [3.05, 3.63) is 64.4 Å². The second-order valence-corrected chi connectivity index (χ2v) is 5.84. The fraction of sp³-hybridized carbons (Fsp3) is 0.235. The molecule has 25 heavy (non-hydrogen) atoms. The molecule has 0 aliphatic heterocycles. The normalized spacial score (nSPS) is 11.7. The fourth-order valence-electron chi connectivity index (χ4n) is 2.31. The Morgan fingerprint density at radius 1 is 1.08 bits per heavy atom. The van der Waals surface area contributed by atoms with E-state index in [1.165, 1.54) is 12.1 Å². The highest BCUT2D eigenvalue weighted by Gasteiger charge is 2.29. The van der Waals surface area contributed by atoms with Crippen molar-refractivity contribution < 1.29 is 17.6 Å². The quantitative estimate of drug-likeness (QED) is 0.615. The number of aromatic nitrogens is 3. The van der Waals surface area contributed by atoms with E-state index in [2.05, 4.69) is 15.0 Å². The summed E-state index contributed by atoms with van der Waals surface area (Å²) in [5.74, 6) is 1.45. The van der Waals surface area contributed by atoms with Crippen LogP contribution in [0.4, 0.5) is 13.2 Å². The Hall–Kier alpha value is -2.41. The molecule has 3 aromatic rings. The first kappa shape index (κ1) is 17.4. The summed E-state index contributed by atoms with van der Waals surface area (Å²) in [6.45, 7) is 1.71. The Bertz CT molecular complexity index is 855. The summed E-state index contributed by atoms with van der Waals surface area (Å²) in [7, 11) is 0. The first-order valence-corrected chi connectivity index (χ1v) is 7.81. The molecule has 0 fully saturated rings. The molecule has 0 amide bonds. The lowest BCUT2D eigenvalue weighted by Crippen LogP contribution is -2.04. The monoisotopic (exact) mass is 367 g/mol. The molecule has 0 saturated heterocycles. The molecular weight excluding hydrogens is 355 g/mol. The maximum Gasteiger partial charge on any atom is 0.416 e. The Balaban J connectivity index is 1.67. The third-order valence-corrected chi connectivity index (χ3v) is 3.71. The summed E-state index contributed by atoms with van der Waals surface area (Å²) in [6, 6.07) is 6.64. The van der Waals surface area contributed by atoms with E-state index in [1.54, 1.807) is 19.2 Å². The van der Waals surface area contributed by atoms with E-state index in [1.807, 2.05) is 0 Å². The fourth-order valence-corrected chi connectivity index (χ4v) is 2.54. The average molecular weight is 368 g/mol. The van der Waals surface area contributed by atoms with Crippen LogP contribution in [0.2, 0.25) is 5.15 Å². The number of oxazole rings is 1. The average Bonchev–Trinajstić information content (AvgIpc) is 3.00. The maximum absolute atomic E-state index is 12.5. The molecule has 0 bridgehead atoms. The standard InChI is InChI=1S/C17H13ClF3N3O/c1-10-23-14(8-15(18)24-10)16-22-9-13(25-16)7-4-11-2-5-12(6-3-11)17(19,20)21/h2-3,5-6,8-9H,4,7H2,1H3. The van der Waals surface area contributed by atoms with Crippen LogP contribution in [0.25, 0.3) is 11.6 Å². The van der Waals surface area contributed by atoms with Crippen LogP contribution < -0.4 is 0 Å². The molecule has 3 rings (SSSR count). The topological polar surface area (TPSA) is 51.8 Å². The van der Waals surface area contributed by atoms with Crippen LogP contribution in [-0.4, -0.2) is 15.0 Å². The van der Waals surface area contributed by atoms with Crippen LogP contribution in [-0.2, 0) is 19.0 Å².